The molecule has 0 saturated carbocycles. The highest BCUT2D eigenvalue weighted by molar-refractivity contribution is 5.92. The number of ketones is 1. The Balaban J connectivity index is 3.55. The molecule has 110 valence electrons. The van der Waals surface area contributed by atoms with Gasteiger partial charge in [0.05, 0.1) is 0 Å². The lowest BCUT2D eigenvalue weighted by molar-refractivity contribution is -0.112. The first-order chi connectivity index (χ1) is 8.93. The monoisotopic (exact) mass is 274 g/mol. The fraction of sp³-hybridized carbons (Fsp3) is 0.500. The van der Waals surface area contributed by atoms with Gasteiger partial charge < -0.3 is 5.11 Å². The third-order valence-electron chi connectivity index (χ3n) is 3.31. The van der Waals surface area contributed by atoms with Gasteiger partial charge in [-0.05, 0) is 41.5 Å². The van der Waals surface area contributed by atoms with Crippen molar-refractivity contribution in [1.82, 2.24) is 0 Å². The van der Waals surface area contributed by atoms with Crippen LogP contribution in [0.2, 0.25) is 0 Å². The summed E-state index contributed by atoms with van der Waals surface area (Å²) in [6, 6.07) is 4.03. The lowest BCUT2D eigenvalue weighted by Gasteiger charge is -2.27. The number of phenolic OH excluding ortho intramolecular Hbond substituents is 1. The van der Waals surface area contributed by atoms with Crippen molar-refractivity contribution in [3.8, 4) is 5.75 Å². The molecule has 0 spiro atoms. The molecule has 0 bridgehead atoms. The van der Waals surface area contributed by atoms with E-state index in [2.05, 4.69) is 47.6 Å². The quantitative estimate of drug-likeness (QED) is 0.801. The van der Waals surface area contributed by atoms with Gasteiger partial charge in [-0.3, -0.25) is 4.79 Å². The Bertz CT molecular complexity index is 538. The van der Waals surface area contributed by atoms with Crippen LogP contribution < -0.4 is 0 Å². The minimum absolute atomic E-state index is 0.00743. The molecule has 0 radical (unpaired) electrons. The van der Waals surface area contributed by atoms with E-state index >= 15 is 0 Å². The topological polar surface area (TPSA) is 37.3 Å². The van der Waals surface area contributed by atoms with Crippen molar-refractivity contribution >= 4 is 11.9 Å². The number of phenols is 1. The van der Waals surface area contributed by atoms with E-state index in [1.165, 1.54) is 13.0 Å². The first kappa shape index (κ1) is 16.5. The SMILES string of the molecule is CC(=O)C=Cc1cc(C(C)(C)C)cc(C(C)(C)C)c1O. The number of carbonyl (C=O) groups is 1. The lowest BCUT2D eigenvalue weighted by atomic mass is 9.79. The second-order valence-corrected chi connectivity index (χ2v) is 7.41. The third-order valence-corrected chi connectivity index (χ3v) is 3.31. The van der Waals surface area contributed by atoms with Crippen molar-refractivity contribution in [2.45, 2.75) is 59.3 Å². The molecular weight excluding hydrogens is 248 g/mol. The van der Waals surface area contributed by atoms with E-state index in [-0.39, 0.29) is 22.4 Å². The van der Waals surface area contributed by atoms with Gasteiger partial charge in [-0.25, -0.2) is 0 Å². The van der Waals surface area contributed by atoms with Gasteiger partial charge in [0.15, 0.2) is 5.78 Å². The van der Waals surface area contributed by atoms with Crippen molar-refractivity contribution in [2.24, 2.45) is 0 Å². The van der Waals surface area contributed by atoms with Crippen LogP contribution >= 0.6 is 0 Å². The molecule has 1 aromatic rings. The molecule has 2 heteroatoms. The highest BCUT2D eigenvalue weighted by Gasteiger charge is 2.24. The van der Waals surface area contributed by atoms with Crippen molar-refractivity contribution in [3.05, 3.63) is 34.9 Å². The molecule has 2 nitrogen and oxygen atoms in total. The highest BCUT2D eigenvalue weighted by Crippen LogP contribution is 2.38. The van der Waals surface area contributed by atoms with E-state index in [1.807, 2.05) is 6.07 Å². The first-order valence-electron chi connectivity index (χ1n) is 6.99. The van der Waals surface area contributed by atoms with Crippen LogP contribution in [0.4, 0.5) is 0 Å². The summed E-state index contributed by atoms with van der Waals surface area (Å²) in [5, 5.41) is 10.5. The van der Waals surface area contributed by atoms with E-state index in [0.29, 0.717) is 5.56 Å². The number of hydrogen-bond donors (Lipinski definition) is 1. The summed E-state index contributed by atoms with van der Waals surface area (Å²) in [5.74, 6) is 0.242. The highest BCUT2D eigenvalue weighted by atomic mass is 16.3. The minimum Gasteiger partial charge on any atom is -0.507 e. The average molecular weight is 274 g/mol. The molecule has 0 saturated heterocycles. The summed E-state index contributed by atoms with van der Waals surface area (Å²) >= 11 is 0. The van der Waals surface area contributed by atoms with Gasteiger partial charge in [0.2, 0.25) is 0 Å². The molecule has 0 aliphatic carbocycles. The van der Waals surface area contributed by atoms with Gasteiger partial charge in [0, 0.05) is 11.1 Å². The molecular formula is C18H26O2. The summed E-state index contributed by atoms with van der Waals surface area (Å²) in [4.78, 5) is 11.1. The van der Waals surface area contributed by atoms with Crippen molar-refractivity contribution in [1.29, 1.82) is 0 Å². The van der Waals surface area contributed by atoms with E-state index < -0.39 is 0 Å². The van der Waals surface area contributed by atoms with Crippen molar-refractivity contribution in [2.75, 3.05) is 0 Å². The zero-order valence-electron chi connectivity index (χ0n) is 13.7. The van der Waals surface area contributed by atoms with Crippen LogP contribution in [0.5, 0.6) is 5.75 Å². The van der Waals surface area contributed by atoms with Crippen LogP contribution in [0.3, 0.4) is 0 Å². The predicted octanol–water partition coefficient (Wildman–Crippen LogP) is 4.59. The van der Waals surface area contributed by atoms with Crippen molar-refractivity contribution < 1.29 is 9.90 Å². The Labute approximate surface area is 122 Å². The second kappa shape index (κ2) is 5.43. The van der Waals surface area contributed by atoms with Crippen LogP contribution in [0.15, 0.2) is 18.2 Å². The Morgan fingerprint density at radius 1 is 1.05 bits per heavy atom. The molecule has 1 aromatic carbocycles. The largest absolute Gasteiger partial charge is 0.507 e. The molecule has 0 atom stereocenters. The maximum Gasteiger partial charge on any atom is 0.152 e. The van der Waals surface area contributed by atoms with E-state index in [9.17, 15) is 9.90 Å². The molecule has 20 heavy (non-hydrogen) atoms. The van der Waals surface area contributed by atoms with Crippen LogP contribution in [0, 0.1) is 0 Å². The van der Waals surface area contributed by atoms with Gasteiger partial charge in [0.1, 0.15) is 5.75 Å². The lowest BCUT2D eigenvalue weighted by Crippen LogP contribution is -2.17. The average Bonchev–Trinajstić information content (AvgIpc) is 2.24. The van der Waals surface area contributed by atoms with Gasteiger partial charge in [-0.2, -0.15) is 0 Å². The molecule has 0 aliphatic heterocycles. The van der Waals surface area contributed by atoms with Crippen LogP contribution in [-0.4, -0.2) is 10.9 Å². The molecule has 0 aromatic heterocycles. The van der Waals surface area contributed by atoms with E-state index in [0.717, 1.165) is 11.1 Å². The first-order valence-corrected chi connectivity index (χ1v) is 6.99. The molecule has 0 heterocycles. The standard InChI is InChI=1S/C18H26O2/c1-12(19)8-9-13-10-14(17(2,3)4)11-15(16(13)20)18(5,6)7/h8-11,20H,1-7H3. The maximum absolute atomic E-state index is 11.1. The number of hydrogen-bond acceptors (Lipinski definition) is 2. The number of benzene rings is 1. The molecule has 1 N–H and O–H groups in total. The summed E-state index contributed by atoms with van der Waals surface area (Å²) in [7, 11) is 0. The number of aromatic hydroxyl groups is 1. The zero-order valence-corrected chi connectivity index (χ0v) is 13.7. The zero-order chi connectivity index (χ0) is 15.7. The fourth-order valence-electron chi connectivity index (χ4n) is 2.00. The van der Waals surface area contributed by atoms with Gasteiger partial charge in [0.25, 0.3) is 0 Å². The molecule has 0 unspecified atom stereocenters. The summed E-state index contributed by atoms with van der Waals surface area (Å²) in [5.41, 5.74) is 2.62. The molecule has 0 amide bonds. The third kappa shape index (κ3) is 3.96. The molecule has 1 rings (SSSR count). The molecule has 0 aliphatic rings. The minimum atomic E-state index is -0.149. The van der Waals surface area contributed by atoms with E-state index in [4.69, 9.17) is 0 Å². The van der Waals surface area contributed by atoms with Crippen LogP contribution in [0.1, 0.15) is 65.2 Å². The fourth-order valence-corrected chi connectivity index (χ4v) is 2.00. The maximum atomic E-state index is 11.1. The smallest absolute Gasteiger partial charge is 0.152 e. The van der Waals surface area contributed by atoms with Gasteiger partial charge in [-0.15, -0.1) is 0 Å². The Morgan fingerprint density at radius 2 is 1.60 bits per heavy atom. The van der Waals surface area contributed by atoms with Crippen LogP contribution in [-0.2, 0) is 15.6 Å². The van der Waals surface area contributed by atoms with Crippen LogP contribution in [0.25, 0.3) is 6.08 Å². The molecule has 0 fully saturated rings. The normalized spacial score (nSPS) is 12.9. The summed E-state index contributed by atoms with van der Waals surface area (Å²) in [6.45, 7) is 14.2. The van der Waals surface area contributed by atoms with E-state index in [1.54, 1.807) is 6.08 Å². The Kier molecular flexibility index (Phi) is 4.48. The Morgan fingerprint density at radius 3 is 2.00 bits per heavy atom. The number of allylic oxidation sites excluding steroid dienone is 1. The number of carbonyl (C=O) groups excluding carboxylic acids is 1. The predicted molar refractivity (Wildman–Crippen MR) is 85.2 cm³/mol. The van der Waals surface area contributed by atoms with Gasteiger partial charge in [-0.1, -0.05) is 47.6 Å². The van der Waals surface area contributed by atoms with Crippen molar-refractivity contribution in [3.63, 3.8) is 0 Å². The summed E-state index contributed by atoms with van der Waals surface area (Å²) in [6.07, 6.45) is 3.19. The Hall–Kier alpha value is -1.57. The van der Waals surface area contributed by atoms with Gasteiger partial charge >= 0.3 is 0 Å². The second-order valence-electron chi connectivity index (χ2n) is 7.41. The summed E-state index contributed by atoms with van der Waals surface area (Å²) < 4.78 is 0. The number of rotatable bonds is 2.